The summed E-state index contributed by atoms with van der Waals surface area (Å²) in [5.74, 6) is -0.813. The van der Waals surface area contributed by atoms with Crippen molar-refractivity contribution in [2.45, 2.75) is 19.4 Å². The van der Waals surface area contributed by atoms with Gasteiger partial charge < -0.3 is 5.32 Å². The molecule has 1 amide bonds. The van der Waals surface area contributed by atoms with E-state index in [0.717, 1.165) is 16.4 Å². The Balaban J connectivity index is 1.46. The van der Waals surface area contributed by atoms with Crippen LogP contribution in [0.2, 0.25) is 0 Å². The van der Waals surface area contributed by atoms with E-state index in [1.54, 1.807) is 6.20 Å². The van der Waals surface area contributed by atoms with E-state index >= 15 is 0 Å². The van der Waals surface area contributed by atoms with Gasteiger partial charge in [-0.2, -0.15) is 0 Å². The van der Waals surface area contributed by atoms with Crippen LogP contribution >= 0.6 is 11.3 Å². The summed E-state index contributed by atoms with van der Waals surface area (Å²) in [6.45, 7) is 0.299. The minimum Gasteiger partial charge on any atom is -0.350 e. The normalized spacial score (nSPS) is 10.5. The number of nitrogens with one attached hydrogen (secondary N) is 1. The largest absolute Gasteiger partial charge is 0.350 e. The number of amides is 1. The van der Waals surface area contributed by atoms with Gasteiger partial charge in [0.2, 0.25) is 5.91 Å². The number of benzene rings is 1. The lowest BCUT2D eigenvalue weighted by atomic mass is 10.1. The first-order valence-corrected chi connectivity index (χ1v) is 8.91. The van der Waals surface area contributed by atoms with Gasteiger partial charge in [-0.25, -0.2) is 9.37 Å². The summed E-state index contributed by atoms with van der Waals surface area (Å²) in [5.41, 5.74) is 1.94. The molecule has 2 aromatic heterocycles. The molecule has 0 spiro atoms. The lowest BCUT2D eigenvalue weighted by Crippen LogP contribution is -2.23. The lowest BCUT2D eigenvalue weighted by molar-refractivity contribution is -0.121. The fourth-order valence-electron chi connectivity index (χ4n) is 2.28. The van der Waals surface area contributed by atoms with Crippen LogP contribution in [-0.4, -0.2) is 21.7 Å². The van der Waals surface area contributed by atoms with Gasteiger partial charge in [-0.3, -0.25) is 14.6 Å². The second kappa shape index (κ2) is 8.44. The summed E-state index contributed by atoms with van der Waals surface area (Å²) in [6.07, 6.45) is 1.86. The Kier molecular flexibility index (Phi) is 5.80. The van der Waals surface area contributed by atoms with Crippen LogP contribution in [0.3, 0.4) is 0 Å². The molecule has 0 bridgehead atoms. The highest BCUT2D eigenvalue weighted by molar-refractivity contribution is 7.13. The summed E-state index contributed by atoms with van der Waals surface area (Å²) >= 11 is 1.46. The molecular weight excluding hydrogens is 353 g/mol. The topological polar surface area (TPSA) is 72.0 Å². The van der Waals surface area contributed by atoms with Gasteiger partial charge in [0, 0.05) is 30.0 Å². The molecule has 3 rings (SSSR count). The van der Waals surface area contributed by atoms with Crippen molar-refractivity contribution in [3.8, 4) is 10.7 Å². The first kappa shape index (κ1) is 17.9. The summed E-state index contributed by atoms with van der Waals surface area (Å²) in [7, 11) is 0. The van der Waals surface area contributed by atoms with Crippen molar-refractivity contribution >= 4 is 23.0 Å². The van der Waals surface area contributed by atoms with E-state index in [4.69, 9.17) is 0 Å². The quantitative estimate of drug-likeness (QED) is 0.646. The molecule has 1 N–H and O–H groups in total. The predicted octanol–water partition coefficient (Wildman–Crippen LogP) is 3.62. The fraction of sp³-hybridized carbons (Fsp3) is 0.158. The first-order chi connectivity index (χ1) is 12.6. The molecule has 0 radical (unpaired) electrons. The first-order valence-electron chi connectivity index (χ1n) is 8.03. The molecule has 0 saturated carbocycles. The van der Waals surface area contributed by atoms with Crippen LogP contribution in [0.15, 0.2) is 54.0 Å². The van der Waals surface area contributed by atoms with Crippen molar-refractivity contribution in [1.29, 1.82) is 0 Å². The molecule has 0 aliphatic heterocycles. The number of carbonyl (C=O) groups excluding carboxylic acids is 2. The average Bonchev–Trinajstić information content (AvgIpc) is 3.15. The van der Waals surface area contributed by atoms with E-state index in [1.807, 2.05) is 23.6 Å². The van der Waals surface area contributed by atoms with Crippen molar-refractivity contribution in [3.63, 3.8) is 0 Å². The number of aromatic nitrogens is 2. The summed E-state index contributed by atoms with van der Waals surface area (Å²) in [4.78, 5) is 32.6. The maximum Gasteiger partial charge on any atom is 0.220 e. The molecular formula is C19H16FN3O2S. The van der Waals surface area contributed by atoms with Gasteiger partial charge in [-0.05, 0) is 36.4 Å². The molecule has 1 aromatic carbocycles. The molecule has 0 aliphatic rings. The van der Waals surface area contributed by atoms with Gasteiger partial charge in [0.25, 0.3) is 0 Å². The zero-order chi connectivity index (χ0) is 18.4. The third-order valence-corrected chi connectivity index (χ3v) is 4.56. The highest BCUT2D eigenvalue weighted by Gasteiger charge is 2.11. The van der Waals surface area contributed by atoms with Crippen LogP contribution in [0.1, 0.15) is 28.9 Å². The summed E-state index contributed by atoms with van der Waals surface area (Å²) < 4.78 is 12.9. The molecule has 132 valence electrons. The van der Waals surface area contributed by atoms with Crippen molar-refractivity contribution < 1.29 is 14.0 Å². The fourth-order valence-corrected chi connectivity index (χ4v) is 3.07. The molecule has 0 unspecified atom stereocenters. The SMILES string of the molecule is O=C(CCC(=O)c1ccc(F)cc1)NCc1csc(-c2ccccn2)n1. The molecule has 0 atom stereocenters. The average molecular weight is 369 g/mol. The van der Waals surface area contributed by atoms with Crippen LogP contribution in [0.25, 0.3) is 10.7 Å². The number of thiazole rings is 1. The number of hydrogen-bond donors (Lipinski definition) is 1. The summed E-state index contributed by atoms with van der Waals surface area (Å²) in [5, 5.41) is 5.41. The Labute approximate surface area is 153 Å². The number of nitrogens with zero attached hydrogens (tertiary/aromatic N) is 2. The van der Waals surface area contributed by atoms with E-state index in [2.05, 4.69) is 15.3 Å². The van der Waals surface area contributed by atoms with Gasteiger partial charge in [0.15, 0.2) is 5.78 Å². The third-order valence-electron chi connectivity index (χ3n) is 3.65. The van der Waals surface area contributed by atoms with E-state index < -0.39 is 5.82 Å². The number of halogens is 1. The number of hydrogen-bond acceptors (Lipinski definition) is 5. The minimum atomic E-state index is -0.396. The monoisotopic (exact) mass is 369 g/mol. The number of carbonyl (C=O) groups is 2. The molecule has 7 heteroatoms. The number of ketones is 1. The zero-order valence-electron chi connectivity index (χ0n) is 13.8. The number of pyridine rings is 1. The van der Waals surface area contributed by atoms with Gasteiger partial charge in [-0.15, -0.1) is 11.3 Å². The molecule has 3 aromatic rings. The molecule has 0 aliphatic carbocycles. The van der Waals surface area contributed by atoms with Crippen molar-refractivity contribution in [2.75, 3.05) is 0 Å². The lowest BCUT2D eigenvalue weighted by Gasteiger charge is -2.03. The Bertz CT molecular complexity index is 895. The van der Waals surface area contributed by atoms with E-state index in [1.165, 1.54) is 35.6 Å². The van der Waals surface area contributed by atoms with Crippen LogP contribution in [0.5, 0.6) is 0 Å². The molecule has 5 nitrogen and oxygen atoms in total. The highest BCUT2D eigenvalue weighted by Crippen LogP contribution is 2.21. The van der Waals surface area contributed by atoms with Crippen molar-refractivity contribution in [3.05, 3.63) is 71.1 Å². The molecule has 0 fully saturated rings. The van der Waals surface area contributed by atoms with Crippen LogP contribution in [0, 0.1) is 5.82 Å². The molecule has 2 heterocycles. The van der Waals surface area contributed by atoms with Crippen LogP contribution < -0.4 is 5.32 Å². The zero-order valence-corrected chi connectivity index (χ0v) is 14.6. The Hall–Kier alpha value is -2.93. The number of Topliss-reactive ketones (excluding diaryl/α,β-unsaturated/α-hetero) is 1. The Morgan fingerprint density at radius 1 is 1.08 bits per heavy atom. The number of rotatable bonds is 7. The second-order valence-corrected chi connectivity index (χ2v) is 6.42. The van der Waals surface area contributed by atoms with E-state index in [9.17, 15) is 14.0 Å². The van der Waals surface area contributed by atoms with Crippen LogP contribution in [0.4, 0.5) is 4.39 Å². The third kappa shape index (κ3) is 4.80. The van der Waals surface area contributed by atoms with Crippen molar-refractivity contribution in [2.24, 2.45) is 0 Å². The summed E-state index contributed by atoms with van der Waals surface area (Å²) in [6, 6.07) is 10.9. The maximum atomic E-state index is 12.9. The minimum absolute atomic E-state index is 0.0768. The van der Waals surface area contributed by atoms with Crippen molar-refractivity contribution in [1.82, 2.24) is 15.3 Å². The molecule has 0 saturated heterocycles. The smallest absolute Gasteiger partial charge is 0.220 e. The van der Waals surface area contributed by atoms with Gasteiger partial charge >= 0.3 is 0 Å². The maximum absolute atomic E-state index is 12.9. The second-order valence-electron chi connectivity index (χ2n) is 5.57. The Morgan fingerprint density at radius 3 is 2.62 bits per heavy atom. The van der Waals surface area contributed by atoms with Gasteiger partial charge in [-0.1, -0.05) is 6.07 Å². The Morgan fingerprint density at radius 2 is 1.88 bits per heavy atom. The van der Waals surface area contributed by atoms with Crippen LogP contribution in [-0.2, 0) is 11.3 Å². The van der Waals surface area contributed by atoms with Gasteiger partial charge in [0.1, 0.15) is 10.8 Å². The predicted molar refractivity (Wildman–Crippen MR) is 97.2 cm³/mol. The molecule has 26 heavy (non-hydrogen) atoms. The van der Waals surface area contributed by atoms with Gasteiger partial charge in [0.05, 0.1) is 17.9 Å². The van der Waals surface area contributed by atoms with E-state index in [-0.39, 0.29) is 24.5 Å². The standard InChI is InChI=1S/C19H16FN3O2S/c20-14-6-4-13(5-7-14)17(24)8-9-18(25)22-11-15-12-26-19(23-15)16-3-1-2-10-21-16/h1-7,10,12H,8-9,11H2,(H,22,25). The highest BCUT2D eigenvalue weighted by atomic mass is 32.1. The van der Waals surface area contributed by atoms with E-state index in [0.29, 0.717) is 12.1 Å².